The van der Waals surface area contributed by atoms with E-state index in [2.05, 4.69) is 25.9 Å². The third-order valence-corrected chi connectivity index (χ3v) is 5.15. The molecule has 0 saturated heterocycles. The minimum Gasteiger partial charge on any atom is -0.439 e. The van der Waals surface area contributed by atoms with Crippen molar-refractivity contribution < 1.29 is 13.9 Å². The number of carbonyl (C=O) groups excluding carboxylic acids is 1. The van der Waals surface area contributed by atoms with Crippen molar-refractivity contribution in [3.05, 3.63) is 83.8 Å². The fourth-order valence-electron chi connectivity index (χ4n) is 3.60. The first-order valence-corrected chi connectivity index (χ1v) is 10.3. The van der Waals surface area contributed by atoms with Gasteiger partial charge in [0.2, 0.25) is 11.8 Å². The summed E-state index contributed by atoms with van der Waals surface area (Å²) in [5.41, 5.74) is 2.75. The Morgan fingerprint density at radius 2 is 2.06 bits per heavy atom. The lowest BCUT2D eigenvalue weighted by Crippen LogP contribution is -2.40. The number of amides is 1. The van der Waals surface area contributed by atoms with Crippen LogP contribution in [0.25, 0.3) is 0 Å². The summed E-state index contributed by atoms with van der Waals surface area (Å²) >= 11 is 0. The Morgan fingerprint density at radius 1 is 1.19 bits per heavy atom. The number of aromatic nitrogens is 1. The number of nitrogens with one attached hydrogen (secondary N) is 3. The van der Waals surface area contributed by atoms with E-state index < -0.39 is 0 Å². The van der Waals surface area contributed by atoms with E-state index in [0.717, 1.165) is 16.8 Å². The Labute approximate surface area is 185 Å². The molecule has 1 amide bonds. The number of rotatable bonds is 6. The summed E-state index contributed by atoms with van der Waals surface area (Å²) in [4.78, 5) is 20.6. The number of nitrogens with zero attached hydrogens (tertiary/aromatic N) is 2. The summed E-state index contributed by atoms with van der Waals surface area (Å²) in [6.07, 6.45) is 2.03. The summed E-state index contributed by atoms with van der Waals surface area (Å²) in [6.45, 7) is 0.962. The van der Waals surface area contributed by atoms with Crippen LogP contribution in [-0.4, -0.2) is 30.4 Å². The Kier molecular flexibility index (Phi) is 6.60. The highest BCUT2D eigenvalue weighted by Crippen LogP contribution is 2.31. The van der Waals surface area contributed by atoms with Gasteiger partial charge in [0.05, 0.1) is 0 Å². The second-order valence-corrected chi connectivity index (χ2v) is 7.37. The van der Waals surface area contributed by atoms with E-state index in [1.165, 1.54) is 12.1 Å². The van der Waals surface area contributed by atoms with Crippen LogP contribution < -0.4 is 20.7 Å². The molecule has 164 valence electrons. The van der Waals surface area contributed by atoms with Crippen LogP contribution in [0.15, 0.2) is 71.9 Å². The van der Waals surface area contributed by atoms with Crippen LogP contribution in [0.5, 0.6) is 11.6 Å². The van der Waals surface area contributed by atoms with Crippen molar-refractivity contribution >= 4 is 17.6 Å². The van der Waals surface area contributed by atoms with Gasteiger partial charge in [0.15, 0.2) is 5.96 Å². The molecule has 32 heavy (non-hydrogen) atoms. The second kappa shape index (κ2) is 9.91. The summed E-state index contributed by atoms with van der Waals surface area (Å²) in [5.74, 6) is 1.03. The smallest absolute Gasteiger partial charge is 0.225 e. The Hall–Kier alpha value is -3.94. The average Bonchev–Trinajstić information content (AvgIpc) is 2.80. The number of hydrogen-bond donors (Lipinski definition) is 3. The summed E-state index contributed by atoms with van der Waals surface area (Å²) < 4.78 is 19.2. The number of hydrogen-bond acceptors (Lipinski definition) is 4. The number of carbonyl (C=O) groups is 1. The zero-order valence-corrected chi connectivity index (χ0v) is 17.6. The third-order valence-electron chi connectivity index (χ3n) is 5.15. The van der Waals surface area contributed by atoms with Gasteiger partial charge in [-0.25, -0.2) is 9.37 Å². The topological polar surface area (TPSA) is 87.6 Å². The van der Waals surface area contributed by atoms with Crippen LogP contribution in [0, 0.1) is 5.82 Å². The lowest BCUT2D eigenvalue weighted by molar-refractivity contribution is -0.116. The Bertz CT molecular complexity index is 1130. The first-order valence-electron chi connectivity index (χ1n) is 10.3. The first-order chi connectivity index (χ1) is 15.6. The van der Waals surface area contributed by atoms with Crippen LogP contribution in [-0.2, 0) is 11.3 Å². The number of guanidine groups is 1. The first kappa shape index (κ1) is 21.3. The van der Waals surface area contributed by atoms with E-state index in [9.17, 15) is 9.18 Å². The molecule has 0 spiro atoms. The normalized spacial score (nSPS) is 15.5. The van der Waals surface area contributed by atoms with E-state index in [0.29, 0.717) is 37.1 Å². The molecule has 3 aromatic rings. The second-order valence-electron chi connectivity index (χ2n) is 7.37. The van der Waals surface area contributed by atoms with Crippen LogP contribution in [0.2, 0.25) is 0 Å². The van der Waals surface area contributed by atoms with Crippen LogP contribution in [0.3, 0.4) is 0 Å². The number of halogens is 1. The maximum atomic E-state index is 13.5. The summed E-state index contributed by atoms with van der Waals surface area (Å²) in [6, 6.07) is 17.4. The molecule has 2 aromatic carbocycles. The van der Waals surface area contributed by atoms with Gasteiger partial charge in [-0.05, 0) is 29.8 Å². The molecule has 4 rings (SSSR count). The molecule has 1 unspecified atom stereocenters. The Morgan fingerprint density at radius 3 is 2.91 bits per heavy atom. The summed E-state index contributed by atoms with van der Waals surface area (Å²) in [5, 5.41) is 9.45. The molecular weight excluding hydrogens is 409 g/mol. The van der Waals surface area contributed by atoms with Crippen molar-refractivity contribution in [2.45, 2.75) is 18.9 Å². The zero-order valence-electron chi connectivity index (χ0n) is 17.6. The van der Waals surface area contributed by atoms with Gasteiger partial charge in [0, 0.05) is 56.0 Å². The molecule has 1 aromatic heterocycles. The highest BCUT2D eigenvalue weighted by Gasteiger charge is 2.24. The molecule has 8 heteroatoms. The highest BCUT2D eigenvalue weighted by molar-refractivity contribution is 5.94. The molecule has 3 N–H and O–H groups in total. The fourth-order valence-corrected chi connectivity index (χ4v) is 3.60. The largest absolute Gasteiger partial charge is 0.439 e. The predicted molar refractivity (Wildman–Crippen MR) is 121 cm³/mol. The molecule has 7 nitrogen and oxygen atoms in total. The van der Waals surface area contributed by atoms with Crippen molar-refractivity contribution in [2.75, 3.05) is 18.9 Å². The number of anilines is 1. The minimum atomic E-state index is -0.374. The Balaban J connectivity index is 1.38. The van der Waals surface area contributed by atoms with Gasteiger partial charge in [-0.15, -0.1) is 0 Å². The van der Waals surface area contributed by atoms with Gasteiger partial charge in [-0.2, -0.15) is 0 Å². The molecule has 0 saturated carbocycles. The molecule has 1 aliphatic rings. The van der Waals surface area contributed by atoms with E-state index >= 15 is 0 Å². The number of aliphatic imine (C=N–C) groups is 1. The molecule has 0 radical (unpaired) electrons. The number of para-hydroxylation sites is 1. The van der Waals surface area contributed by atoms with E-state index in [-0.39, 0.29) is 17.6 Å². The van der Waals surface area contributed by atoms with Crippen molar-refractivity contribution in [3.63, 3.8) is 0 Å². The molecule has 0 fully saturated rings. The molecule has 2 heterocycles. The quantitative estimate of drug-likeness (QED) is 0.407. The number of ether oxygens (including phenoxy) is 1. The number of benzene rings is 2. The van der Waals surface area contributed by atoms with Gasteiger partial charge in [-0.1, -0.05) is 30.3 Å². The maximum Gasteiger partial charge on any atom is 0.225 e. The predicted octanol–water partition coefficient (Wildman–Crippen LogP) is 3.80. The standard InChI is InChI=1S/C24H24FN5O2/c1-26-24(29-15-17-12-22(31)30-21-10-3-2-9-20(17)21)28-14-16-6-5-11-27-23(16)32-19-8-4-7-18(25)13-19/h2-11,13,17H,12,14-15H2,1H3,(H,30,31)(H2,26,28,29). The van der Waals surface area contributed by atoms with Gasteiger partial charge < -0.3 is 20.7 Å². The van der Waals surface area contributed by atoms with Gasteiger partial charge in [0.1, 0.15) is 11.6 Å². The SMILES string of the molecule is CN=C(NCc1cccnc1Oc1cccc(F)c1)NCC1CC(=O)Nc2ccccc21. The monoisotopic (exact) mass is 433 g/mol. The van der Waals surface area contributed by atoms with Gasteiger partial charge in [0.25, 0.3) is 0 Å². The van der Waals surface area contributed by atoms with Crippen molar-refractivity contribution in [1.82, 2.24) is 15.6 Å². The highest BCUT2D eigenvalue weighted by atomic mass is 19.1. The van der Waals surface area contributed by atoms with Crippen molar-refractivity contribution in [2.24, 2.45) is 4.99 Å². The fraction of sp³-hybridized carbons (Fsp3) is 0.208. The number of fused-ring (bicyclic) bond motifs is 1. The molecular formula is C24H24FN5O2. The van der Waals surface area contributed by atoms with E-state index in [1.54, 1.807) is 25.4 Å². The number of pyridine rings is 1. The molecule has 1 aliphatic heterocycles. The molecule has 1 atom stereocenters. The summed E-state index contributed by atoms with van der Waals surface area (Å²) in [7, 11) is 1.68. The van der Waals surface area contributed by atoms with Crippen molar-refractivity contribution in [1.29, 1.82) is 0 Å². The average molecular weight is 433 g/mol. The third kappa shape index (κ3) is 5.21. The van der Waals surface area contributed by atoms with E-state index in [1.807, 2.05) is 36.4 Å². The van der Waals surface area contributed by atoms with E-state index in [4.69, 9.17) is 4.74 Å². The van der Waals surface area contributed by atoms with Gasteiger partial charge in [-0.3, -0.25) is 9.79 Å². The molecule has 0 aliphatic carbocycles. The van der Waals surface area contributed by atoms with Crippen LogP contribution >= 0.6 is 0 Å². The van der Waals surface area contributed by atoms with Crippen LogP contribution in [0.4, 0.5) is 10.1 Å². The minimum absolute atomic E-state index is 0.00736. The lowest BCUT2D eigenvalue weighted by Gasteiger charge is -2.26. The zero-order chi connectivity index (χ0) is 22.3. The van der Waals surface area contributed by atoms with Gasteiger partial charge >= 0.3 is 0 Å². The molecule has 0 bridgehead atoms. The van der Waals surface area contributed by atoms with Crippen molar-refractivity contribution in [3.8, 4) is 11.6 Å². The lowest BCUT2D eigenvalue weighted by atomic mass is 9.90. The van der Waals surface area contributed by atoms with Crippen LogP contribution in [0.1, 0.15) is 23.5 Å². The maximum absolute atomic E-state index is 13.5.